The molecule has 4 rings (SSSR count). The second-order valence-corrected chi connectivity index (χ2v) is 9.31. The predicted octanol–water partition coefficient (Wildman–Crippen LogP) is 1.37. The summed E-state index contributed by atoms with van der Waals surface area (Å²) in [6.07, 6.45) is 0.117. The van der Waals surface area contributed by atoms with Crippen molar-refractivity contribution in [2.75, 3.05) is 47.3 Å². The normalized spacial score (nSPS) is 19.5. The van der Waals surface area contributed by atoms with E-state index in [1.165, 1.54) is 15.7 Å². The second-order valence-electron chi connectivity index (χ2n) is 7.43. The highest BCUT2D eigenvalue weighted by Gasteiger charge is 2.38. The molecule has 1 saturated heterocycles. The van der Waals surface area contributed by atoms with Crippen molar-refractivity contribution in [3.05, 3.63) is 48.5 Å². The number of ether oxygens (including phenoxy) is 1. The molecule has 1 atom stereocenters. The molecule has 0 radical (unpaired) electrons. The van der Waals surface area contributed by atoms with Crippen molar-refractivity contribution in [3.63, 3.8) is 0 Å². The maximum Gasteiger partial charge on any atom is 0.326 e. The van der Waals surface area contributed by atoms with E-state index in [0.29, 0.717) is 22.8 Å². The van der Waals surface area contributed by atoms with Crippen LogP contribution in [0.15, 0.2) is 48.5 Å². The Labute approximate surface area is 181 Å². The summed E-state index contributed by atoms with van der Waals surface area (Å²) in [6.45, 7) is 0.538. The molecule has 164 valence electrons. The molecule has 1 N–H and O–H groups in total. The highest BCUT2D eigenvalue weighted by molar-refractivity contribution is 7.94. The van der Waals surface area contributed by atoms with Crippen LogP contribution >= 0.6 is 0 Å². The SMILES string of the molecule is COc1ccc(N2CC(C(=O)NCCN3c4ccccc4N(C)S3(=O)=O)CC2=O)cc1. The number of carbonyl (C=O) groups excluding carboxylic acids is 2. The van der Waals surface area contributed by atoms with Gasteiger partial charge in [-0.15, -0.1) is 0 Å². The Morgan fingerprint density at radius 2 is 1.81 bits per heavy atom. The number of benzene rings is 2. The lowest BCUT2D eigenvalue weighted by molar-refractivity contribution is -0.126. The standard InChI is InChI=1S/C21H24N4O5S/c1-23-18-5-3-4-6-19(18)25(31(23,28)29)12-11-22-21(27)15-13-20(26)24(14-15)16-7-9-17(30-2)10-8-16/h3-10,15H,11-14H2,1-2H3,(H,22,27). The van der Waals surface area contributed by atoms with Crippen LogP contribution in [-0.4, -0.2) is 54.0 Å². The summed E-state index contributed by atoms with van der Waals surface area (Å²) >= 11 is 0. The molecule has 0 aromatic heterocycles. The highest BCUT2D eigenvalue weighted by atomic mass is 32.2. The summed E-state index contributed by atoms with van der Waals surface area (Å²) in [4.78, 5) is 26.6. The molecule has 2 amide bonds. The summed E-state index contributed by atoms with van der Waals surface area (Å²) in [6, 6.07) is 14.1. The van der Waals surface area contributed by atoms with Crippen LogP contribution < -0.4 is 23.6 Å². The zero-order chi connectivity index (χ0) is 22.2. The molecule has 0 bridgehead atoms. The molecule has 2 aromatic carbocycles. The summed E-state index contributed by atoms with van der Waals surface area (Å²) in [5, 5.41) is 2.78. The molecule has 2 aliphatic rings. The molecule has 9 nitrogen and oxygen atoms in total. The first-order chi connectivity index (χ1) is 14.8. The number of amides is 2. The average molecular weight is 445 g/mol. The van der Waals surface area contributed by atoms with Crippen LogP contribution in [0.5, 0.6) is 5.75 Å². The third kappa shape index (κ3) is 3.78. The number of anilines is 3. The van der Waals surface area contributed by atoms with Crippen molar-refractivity contribution in [1.29, 1.82) is 0 Å². The molecule has 0 aliphatic carbocycles. The van der Waals surface area contributed by atoms with Gasteiger partial charge in [-0.05, 0) is 36.4 Å². The van der Waals surface area contributed by atoms with Crippen molar-refractivity contribution >= 4 is 39.1 Å². The van der Waals surface area contributed by atoms with Gasteiger partial charge in [0.15, 0.2) is 0 Å². The molecule has 0 spiro atoms. The number of para-hydroxylation sites is 2. The molecule has 2 aromatic rings. The van der Waals surface area contributed by atoms with E-state index < -0.39 is 16.1 Å². The lowest BCUT2D eigenvalue weighted by Crippen LogP contribution is -2.42. The Kier molecular flexibility index (Phi) is 5.48. The zero-order valence-electron chi connectivity index (χ0n) is 17.3. The van der Waals surface area contributed by atoms with Gasteiger partial charge in [-0.25, -0.2) is 4.31 Å². The number of nitrogens with one attached hydrogen (secondary N) is 1. The first kappa shape index (κ1) is 21.0. The van der Waals surface area contributed by atoms with E-state index in [-0.39, 0.29) is 37.9 Å². The van der Waals surface area contributed by atoms with Gasteiger partial charge in [0.05, 0.1) is 30.9 Å². The van der Waals surface area contributed by atoms with E-state index in [2.05, 4.69) is 5.32 Å². The van der Waals surface area contributed by atoms with Crippen LogP contribution in [0.2, 0.25) is 0 Å². The van der Waals surface area contributed by atoms with Crippen LogP contribution in [0.1, 0.15) is 6.42 Å². The van der Waals surface area contributed by atoms with Gasteiger partial charge in [0.1, 0.15) is 5.75 Å². The maximum absolute atomic E-state index is 12.6. The monoisotopic (exact) mass is 444 g/mol. The number of hydrogen-bond donors (Lipinski definition) is 1. The number of fused-ring (bicyclic) bond motifs is 1. The fraction of sp³-hybridized carbons (Fsp3) is 0.333. The predicted molar refractivity (Wildman–Crippen MR) is 118 cm³/mol. The van der Waals surface area contributed by atoms with Gasteiger partial charge in [-0.2, -0.15) is 8.42 Å². The van der Waals surface area contributed by atoms with Crippen molar-refractivity contribution in [1.82, 2.24) is 5.32 Å². The lowest BCUT2D eigenvalue weighted by atomic mass is 10.1. The van der Waals surface area contributed by atoms with Gasteiger partial charge in [-0.1, -0.05) is 12.1 Å². The van der Waals surface area contributed by atoms with Gasteiger partial charge >= 0.3 is 10.2 Å². The van der Waals surface area contributed by atoms with Crippen molar-refractivity contribution in [3.8, 4) is 5.75 Å². The molecule has 2 heterocycles. The quantitative estimate of drug-likeness (QED) is 0.726. The lowest BCUT2D eigenvalue weighted by Gasteiger charge is -2.20. The first-order valence-corrected chi connectivity index (χ1v) is 11.3. The van der Waals surface area contributed by atoms with Crippen molar-refractivity contribution in [2.24, 2.45) is 5.92 Å². The van der Waals surface area contributed by atoms with E-state index in [1.54, 1.807) is 60.5 Å². The average Bonchev–Trinajstić information content (AvgIpc) is 3.25. The topological polar surface area (TPSA) is 99.3 Å². The Bertz CT molecular complexity index is 1100. The first-order valence-electron chi connectivity index (χ1n) is 9.90. The van der Waals surface area contributed by atoms with Crippen LogP contribution in [-0.2, 0) is 19.8 Å². The van der Waals surface area contributed by atoms with Crippen molar-refractivity contribution in [2.45, 2.75) is 6.42 Å². The molecular weight excluding hydrogens is 420 g/mol. The molecule has 10 heteroatoms. The number of rotatable bonds is 6. The van der Waals surface area contributed by atoms with E-state index >= 15 is 0 Å². The minimum atomic E-state index is -3.66. The van der Waals surface area contributed by atoms with Gasteiger partial charge < -0.3 is 15.0 Å². The van der Waals surface area contributed by atoms with Crippen LogP contribution in [0.4, 0.5) is 17.1 Å². The third-order valence-corrected chi connectivity index (χ3v) is 7.43. The summed E-state index contributed by atoms with van der Waals surface area (Å²) in [7, 11) is -0.584. The molecule has 1 unspecified atom stereocenters. The van der Waals surface area contributed by atoms with Gasteiger partial charge in [-0.3, -0.25) is 13.9 Å². The number of carbonyl (C=O) groups is 2. The zero-order valence-corrected chi connectivity index (χ0v) is 18.1. The Hall–Kier alpha value is -3.27. The smallest absolute Gasteiger partial charge is 0.326 e. The Morgan fingerprint density at radius 1 is 1.13 bits per heavy atom. The fourth-order valence-electron chi connectivity index (χ4n) is 3.89. The fourth-order valence-corrected chi connectivity index (χ4v) is 5.32. The number of hydrogen-bond acceptors (Lipinski definition) is 5. The Morgan fingerprint density at radius 3 is 2.48 bits per heavy atom. The van der Waals surface area contributed by atoms with E-state index in [0.717, 1.165) is 0 Å². The third-order valence-electron chi connectivity index (χ3n) is 5.61. The van der Waals surface area contributed by atoms with E-state index in [1.807, 2.05) is 0 Å². The number of methoxy groups -OCH3 is 1. The molecule has 0 saturated carbocycles. The van der Waals surface area contributed by atoms with E-state index in [4.69, 9.17) is 4.74 Å². The molecule has 2 aliphatic heterocycles. The highest BCUT2D eigenvalue weighted by Crippen LogP contribution is 2.39. The van der Waals surface area contributed by atoms with E-state index in [9.17, 15) is 18.0 Å². The number of nitrogens with zero attached hydrogens (tertiary/aromatic N) is 3. The van der Waals surface area contributed by atoms with Crippen molar-refractivity contribution < 1.29 is 22.7 Å². The minimum absolute atomic E-state index is 0.109. The van der Waals surface area contributed by atoms with Crippen LogP contribution in [0, 0.1) is 5.92 Å². The summed E-state index contributed by atoms with van der Waals surface area (Å²) in [5.41, 5.74) is 1.90. The van der Waals surface area contributed by atoms with Gasteiger partial charge in [0.2, 0.25) is 11.8 Å². The molecule has 1 fully saturated rings. The van der Waals surface area contributed by atoms with Gasteiger partial charge in [0.25, 0.3) is 0 Å². The Balaban J connectivity index is 1.36. The second kappa shape index (κ2) is 8.10. The molecular formula is C21H24N4O5S. The summed E-state index contributed by atoms with van der Waals surface area (Å²) < 4.78 is 32.9. The van der Waals surface area contributed by atoms with Crippen LogP contribution in [0.25, 0.3) is 0 Å². The minimum Gasteiger partial charge on any atom is -0.497 e. The summed E-state index contributed by atoms with van der Waals surface area (Å²) in [5.74, 6) is -0.181. The van der Waals surface area contributed by atoms with Crippen LogP contribution in [0.3, 0.4) is 0 Å². The maximum atomic E-state index is 12.6. The van der Waals surface area contributed by atoms with Gasteiger partial charge in [0, 0.05) is 32.2 Å². The largest absolute Gasteiger partial charge is 0.497 e. The molecule has 31 heavy (non-hydrogen) atoms.